The van der Waals surface area contributed by atoms with E-state index in [9.17, 15) is 9.59 Å². The number of thiophene rings is 1. The number of rotatable bonds is 6. The number of allylic oxidation sites excluding steroid dienone is 3. The number of nitrogens with one attached hydrogen (secondary N) is 2. The van der Waals surface area contributed by atoms with Crippen molar-refractivity contribution in [3.8, 4) is 0 Å². The van der Waals surface area contributed by atoms with E-state index < -0.39 is 0 Å². The number of carbonyl (C=O) groups is 2. The fraction of sp³-hybridized carbons (Fsp3) is 0.207. The highest BCUT2D eigenvalue weighted by atomic mass is 32.1. The van der Waals surface area contributed by atoms with E-state index in [1.54, 1.807) is 0 Å². The minimum Gasteiger partial charge on any atom is -0.378 e. The lowest BCUT2D eigenvalue weighted by molar-refractivity contribution is 0.0969. The van der Waals surface area contributed by atoms with E-state index in [0.717, 1.165) is 54.3 Å². The van der Waals surface area contributed by atoms with Crippen LogP contribution in [-0.4, -0.2) is 47.9 Å². The third-order valence-electron chi connectivity index (χ3n) is 6.75. The maximum Gasteiger partial charge on any atom is 0.265 e. The van der Waals surface area contributed by atoms with Crippen molar-refractivity contribution in [2.45, 2.75) is 12.5 Å². The molecule has 1 unspecified atom stereocenters. The van der Waals surface area contributed by atoms with Crippen LogP contribution in [0.15, 0.2) is 90.1 Å². The van der Waals surface area contributed by atoms with E-state index in [1.165, 1.54) is 11.3 Å². The van der Waals surface area contributed by atoms with Crippen molar-refractivity contribution in [2.24, 2.45) is 0 Å². The van der Waals surface area contributed by atoms with Gasteiger partial charge in [-0.05, 0) is 66.4 Å². The number of anilines is 2. The molecule has 0 radical (unpaired) electrons. The molecule has 2 aromatic carbocycles. The molecular formula is C29H27N5O3S. The van der Waals surface area contributed by atoms with Crippen LogP contribution in [0.1, 0.15) is 32.5 Å². The van der Waals surface area contributed by atoms with Crippen LogP contribution in [0.5, 0.6) is 0 Å². The van der Waals surface area contributed by atoms with E-state index in [-0.39, 0.29) is 17.9 Å². The lowest BCUT2D eigenvalue weighted by atomic mass is 10.1. The molecule has 0 spiro atoms. The molecule has 1 fully saturated rings. The van der Waals surface area contributed by atoms with E-state index in [1.807, 2.05) is 89.1 Å². The highest BCUT2D eigenvalue weighted by molar-refractivity contribution is 7.12. The monoisotopic (exact) mass is 525 g/mol. The van der Waals surface area contributed by atoms with E-state index in [4.69, 9.17) is 4.74 Å². The van der Waals surface area contributed by atoms with Gasteiger partial charge >= 0.3 is 0 Å². The molecule has 2 amide bonds. The standard InChI is InChI=1S/C29H27N5O3S/c35-28(20-3-8-24(9-4-20)33-13-15-37-16-14-33)32-23-7-12-26-21(18-23)19-30-34(26)25-10-5-22(6-11-25)31-29(36)27-2-1-17-38-27/h1-10,12,17-19,25H,11,13-16H2,(H,31,36)(H,32,35). The summed E-state index contributed by atoms with van der Waals surface area (Å²) in [4.78, 5) is 28.1. The van der Waals surface area contributed by atoms with Crippen molar-refractivity contribution in [1.29, 1.82) is 0 Å². The second-order valence-corrected chi connectivity index (χ2v) is 10.2. The molecule has 1 atom stereocenters. The highest BCUT2D eigenvalue weighted by Gasteiger charge is 2.17. The minimum atomic E-state index is -0.150. The van der Waals surface area contributed by atoms with Crippen molar-refractivity contribution >= 4 is 45.4 Å². The van der Waals surface area contributed by atoms with Crippen LogP contribution in [0.3, 0.4) is 0 Å². The molecule has 192 valence electrons. The minimum absolute atomic E-state index is 0.0420. The molecule has 9 heteroatoms. The van der Waals surface area contributed by atoms with Gasteiger partial charge < -0.3 is 20.3 Å². The zero-order valence-electron chi connectivity index (χ0n) is 20.7. The van der Waals surface area contributed by atoms with Gasteiger partial charge in [0.25, 0.3) is 11.8 Å². The van der Waals surface area contributed by atoms with Crippen LogP contribution in [-0.2, 0) is 4.74 Å². The number of hydrogen-bond acceptors (Lipinski definition) is 6. The van der Waals surface area contributed by atoms with E-state index >= 15 is 0 Å². The molecule has 2 aromatic heterocycles. The third kappa shape index (κ3) is 5.11. The van der Waals surface area contributed by atoms with Gasteiger partial charge in [-0.3, -0.25) is 14.3 Å². The number of carbonyl (C=O) groups excluding carboxylic acids is 2. The maximum absolute atomic E-state index is 12.9. The van der Waals surface area contributed by atoms with Gasteiger partial charge in [-0.2, -0.15) is 5.10 Å². The second kappa shape index (κ2) is 10.6. The molecule has 0 bridgehead atoms. The zero-order chi connectivity index (χ0) is 25.9. The third-order valence-corrected chi connectivity index (χ3v) is 7.62. The highest BCUT2D eigenvalue weighted by Crippen LogP contribution is 2.27. The molecule has 6 rings (SSSR count). The van der Waals surface area contributed by atoms with Gasteiger partial charge in [-0.1, -0.05) is 18.2 Å². The summed E-state index contributed by atoms with van der Waals surface area (Å²) in [5.41, 5.74) is 4.20. The Kier molecular flexibility index (Phi) is 6.76. The predicted molar refractivity (Wildman–Crippen MR) is 150 cm³/mol. The summed E-state index contributed by atoms with van der Waals surface area (Å²) in [5, 5.41) is 13.4. The Bertz CT molecular complexity index is 1520. The number of benzene rings is 2. The molecule has 38 heavy (non-hydrogen) atoms. The molecule has 4 aromatic rings. The smallest absolute Gasteiger partial charge is 0.265 e. The fourth-order valence-corrected chi connectivity index (χ4v) is 5.35. The van der Waals surface area contributed by atoms with Crippen molar-refractivity contribution in [3.63, 3.8) is 0 Å². The van der Waals surface area contributed by atoms with Gasteiger partial charge in [0.15, 0.2) is 0 Å². The molecule has 8 nitrogen and oxygen atoms in total. The molecule has 1 aliphatic heterocycles. The van der Waals surface area contributed by atoms with Gasteiger partial charge in [-0.15, -0.1) is 11.3 Å². The topological polar surface area (TPSA) is 88.5 Å². The van der Waals surface area contributed by atoms with Gasteiger partial charge in [0, 0.05) is 41.1 Å². The predicted octanol–water partition coefficient (Wildman–Crippen LogP) is 5.00. The molecule has 1 aliphatic carbocycles. The molecule has 3 heterocycles. The molecule has 2 N–H and O–H groups in total. The SMILES string of the molecule is O=C(Nc1ccc2c(cnn2C2C=CC(NC(=O)c3cccs3)=CC2)c1)c1ccc(N2CCOCC2)cc1. The fourth-order valence-electron chi connectivity index (χ4n) is 4.73. The van der Waals surface area contributed by atoms with E-state index in [0.29, 0.717) is 16.9 Å². The first-order chi connectivity index (χ1) is 18.6. The first-order valence-electron chi connectivity index (χ1n) is 12.6. The first-order valence-corrected chi connectivity index (χ1v) is 13.5. The Morgan fingerprint density at radius 2 is 1.84 bits per heavy atom. The number of fused-ring (bicyclic) bond motifs is 1. The summed E-state index contributed by atoms with van der Waals surface area (Å²) >= 11 is 1.42. The summed E-state index contributed by atoms with van der Waals surface area (Å²) in [5.74, 6) is -0.246. The van der Waals surface area contributed by atoms with Crippen LogP contribution >= 0.6 is 11.3 Å². The van der Waals surface area contributed by atoms with Crippen molar-refractivity contribution in [2.75, 3.05) is 36.5 Å². The Labute approximate surface area is 224 Å². The van der Waals surface area contributed by atoms with Crippen LogP contribution < -0.4 is 15.5 Å². The summed E-state index contributed by atoms with van der Waals surface area (Å²) in [6.07, 6.45) is 8.52. The summed E-state index contributed by atoms with van der Waals surface area (Å²) in [7, 11) is 0. The number of morpholine rings is 1. The lowest BCUT2D eigenvalue weighted by Crippen LogP contribution is -2.36. The molecule has 0 saturated carbocycles. The van der Waals surface area contributed by atoms with Crippen LogP contribution in [0.2, 0.25) is 0 Å². The van der Waals surface area contributed by atoms with Crippen molar-refractivity contribution in [1.82, 2.24) is 15.1 Å². The van der Waals surface area contributed by atoms with Gasteiger partial charge in [0.1, 0.15) is 0 Å². The Balaban J connectivity index is 1.09. The first kappa shape index (κ1) is 24.1. The number of nitrogens with zero attached hydrogens (tertiary/aromatic N) is 3. The normalized spacial score (nSPS) is 17.3. The van der Waals surface area contributed by atoms with Gasteiger partial charge in [-0.25, -0.2) is 0 Å². The molecular weight excluding hydrogens is 498 g/mol. The van der Waals surface area contributed by atoms with Crippen molar-refractivity contribution in [3.05, 3.63) is 101 Å². The summed E-state index contributed by atoms with van der Waals surface area (Å²) < 4.78 is 7.38. The Morgan fingerprint density at radius 1 is 1.00 bits per heavy atom. The lowest BCUT2D eigenvalue weighted by Gasteiger charge is -2.28. The molecule has 2 aliphatic rings. The Morgan fingerprint density at radius 3 is 2.58 bits per heavy atom. The van der Waals surface area contributed by atoms with Gasteiger partial charge in [0.05, 0.1) is 35.8 Å². The van der Waals surface area contributed by atoms with Crippen LogP contribution in [0, 0.1) is 0 Å². The number of aromatic nitrogens is 2. The van der Waals surface area contributed by atoms with Crippen molar-refractivity contribution < 1.29 is 14.3 Å². The zero-order valence-corrected chi connectivity index (χ0v) is 21.5. The second-order valence-electron chi connectivity index (χ2n) is 9.22. The summed E-state index contributed by atoms with van der Waals surface area (Å²) in [6.45, 7) is 3.17. The van der Waals surface area contributed by atoms with Crippen LogP contribution in [0.25, 0.3) is 10.9 Å². The number of ether oxygens (including phenoxy) is 1. The summed E-state index contributed by atoms with van der Waals surface area (Å²) in [6, 6.07) is 17.2. The number of hydrogen-bond donors (Lipinski definition) is 2. The quantitative estimate of drug-likeness (QED) is 0.370. The average molecular weight is 526 g/mol. The maximum atomic E-state index is 12.9. The number of amides is 2. The van der Waals surface area contributed by atoms with Crippen LogP contribution in [0.4, 0.5) is 11.4 Å². The Hall–Kier alpha value is -4.21. The average Bonchev–Trinajstić information content (AvgIpc) is 3.65. The largest absolute Gasteiger partial charge is 0.378 e. The van der Waals surface area contributed by atoms with E-state index in [2.05, 4.69) is 20.6 Å². The van der Waals surface area contributed by atoms with Gasteiger partial charge in [0.2, 0.25) is 0 Å². The molecule has 1 saturated heterocycles.